The van der Waals surface area contributed by atoms with Crippen LogP contribution in [-0.2, 0) is 14.3 Å². The Morgan fingerprint density at radius 1 is 1.07 bits per heavy atom. The Morgan fingerprint density at radius 2 is 1.76 bits per heavy atom. The lowest BCUT2D eigenvalue weighted by Crippen LogP contribution is -2.43. The minimum Gasteiger partial charge on any atom is -0.454 e. The van der Waals surface area contributed by atoms with Crippen molar-refractivity contribution in [3.63, 3.8) is 0 Å². The molecular formula is C22H25ClN2O4. The van der Waals surface area contributed by atoms with Gasteiger partial charge in [-0.25, -0.2) is 4.79 Å². The van der Waals surface area contributed by atoms with Crippen LogP contribution in [0.25, 0.3) is 0 Å². The lowest BCUT2D eigenvalue weighted by Gasteiger charge is -2.19. The van der Waals surface area contributed by atoms with Gasteiger partial charge in [-0.15, -0.1) is 0 Å². The summed E-state index contributed by atoms with van der Waals surface area (Å²) in [7, 11) is 0. The Labute approximate surface area is 175 Å². The number of hydrogen-bond donors (Lipinski definition) is 2. The lowest BCUT2D eigenvalue weighted by molar-refractivity contribution is -0.149. The van der Waals surface area contributed by atoms with Crippen LogP contribution in [0.15, 0.2) is 48.5 Å². The summed E-state index contributed by atoms with van der Waals surface area (Å²) >= 11 is 5.84. The van der Waals surface area contributed by atoms with E-state index in [-0.39, 0.29) is 5.92 Å². The average Bonchev–Trinajstić information content (AvgIpc) is 2.65. The number of hydrogen-bond acceptors (Lipinski definition) is 4. The van der Waals surface area contributed by atoms with E-state index >= 15 is 0 Å². The maximum Gasteiger partial charge on any atom is 0.329 e. The number of halogens is 1. The second kappa shape index (κ2) is 10.6. The molecule has 2 N–H and O–H groups in total. The normalized spacial score (nSPS) is 11.6. The van der Waals surface area contributed by atoms with Crippen LogP contribution >= 0.6 is 11.6 Å². The molecule has 2 aromatic carbocycles. The molecule has 0 aliphatic rings. The molecule has 0 aromatic heterocycles. The number of benzene rings is 2. The Kier molecular flexibility index (Phi) is 8.21. The van der Waals surface area contributed by atoms with Gasteiger partial charge in [-0.3, -0.25) is 9.59 Å². The van der Waals surface area contributed by atoms with Crippen molar-refractivity contribution in [3.8, 4) is 0 Å². The Bertz CT molecular complexity index is 865. The van der Waals surface area contributed by atoms with Gasteiger partial charge in [-0.1, -0.05) is 37.6 Å². The first-order valence-electron chi connectivity index (χ1n) is 9.34. The molecule has 0 bridgehead atoms. The highest BCUT2D eigenvalue weighted by molar-refractivity contribution is 6.30. The van der Waals surface area contributed by atoms with Gasteiger partial charge in [0.05, 0.1) is 0 Å². The molecule has 0 aliphatic carbocycles. The zero-order valence-corrected chi connectivity index (χ0v) is 17.5. The van der Waals surface area contributed by atoms with Gasteiger partial charge in [-0.2, -0.15) is 0 Å². The molecular weight excluding hydrogens is 392 g/mol. The van der Waals surface area contributed by atoms with Gasteiger partial charge in [-0.05, 0) is 61.2 Å². The highest BCUT2D eigenvalue weighted by Gasteiger charge is 2.24. The van der Waals surface area contributed by atoms with E-state index < -0.39 is 30.4 Å². The molecule has 0 heterocycles. The molecule has 154 valence electrons. The number of rotatable bonds is 8. The van der Waals surface area contributed by atoms with Crippen LogP contribution in [0.4, 0.5) is 5.69 Å². The molecule has 29 heavy (non-hydrogen) atoms. The molecule has 2 amide bonds. The summed E-state index contributed by atoms with van der Waals surface area (Å²) in [5, 5.41) is 5.86. The summed E-state index contributed by atoms with van der Waals surface area (Å²) in [4.78, 5) is 37.0. The van der Waals surface area contributed by atoms with Crippen LogP contribution in [0.2, 0.25) is 5.02 Å². The quantitative estimate of drug-likeness (QED) is 0.637. The number of nitrogens with one attached hydrogen (secondary N) is 2. The molecule has 2 rings (SSSR count). The maximum absolute atomic E-state index is 12.5. The minimum atomic E-state index is -0.857. The summed E-state index contributed by atoms with van der Waals surface area (Å²) in [6.45, 7) is 5.34. The monoisotopic (exact) mass is 416 g/mol. The highest BCUT2D eigenvalue weighted by atomic mass is 35.5. The van der Waals surface area contributed by atoms with Crippen LogP contribution in [-0.4, -0.2) is 30.4 Å². The van der Waals surface area contributed by atoms with Crippen LogP contribution in [0.5, 0.6) is 0 Å². The number of carbonyl (C=O) groups is 3. The molecule has 6 nitrogen and oxygen atoms in total. The number of ether oxygens (including phenoxy) is 1. The fraction of sp³-hybridized carbons (Fsp3) is 0.318. The van der Waals surface area contributed by atoms with Crippen molar-refractivity contribution >= 4 is 35.1 Å². The van der Waals surface area contributed by atoms with Gasteiger partial charge in [0.2, 0.25) is 0 Å². The molecule has 0 radical (unpaired) electrons. The van der Waals surface area contributed by atoms with Crippen molar-refractivity contribution in [2.45, 2.75) is 33.2 Å². The smallest absolute Gasteiger partial charge is 0.329 e. The Hall–Kier alpha value is -2.86. The van der Waals surface area contributed by atoms with Crippen molar-refractivity contribution in [1.29, 1.82) is 0 Å². The summed E-state index contributed by atoms with van der Waals surface area (Å²) in [6.07, 6.45) is 0.387. The van der Waals surface area contributed by atoms with E-state index in [4.69, 9.17) is 16.3 Å². The van der Waals surface area contributed by atoms with Gasteiger partial charge in [0.25, 0.3) is 11.8 Å². The first kappa shape index (κ1) is 22.4. The first-order chi connectivity index (χ1) is 13.7. The molecule has 0 fully saturated rings. The zero-order chi connectivity index (χ0) is 21.4. The number of amides is 2. The van der Waals surface area contributed by atoms with Gasteiger partial charge in [0, 0.05) is 16.3 Å². The van der Waals surface area contributed by atoms with Crippen molar-refractivity contribution < 1.29 is 19.1 Å². The third-order valence-electron chi connectivity index (χ3n) is 4.05. The molecule has 1 atom stereocenters. The summed E-state index contributed by atoms with van der Waals surface area (Å²) in [5.74, 6) is -1.37. The minimum absolute atomic E-state index is 0.138. The maximum atomic E-state index is 12.5. The van der Waals surface area contributed by atoms with Crippen molar-refractivity contribution in [2.75, 3.05) is 11.9 Å². The third-order valence-corrected chi connectivity index (χ3v) is 4.30. The predicted molar refractivity (Wildman–Crippen MR) is 113 cm³/mol. The fourth-order valence-electron chi connectivity index (χ4n) is 2.69. The average molecular weight is 417 g/mol. The van der Waals surface area contributed by atoms with Crippen molar-refractivity contribution in [3.05, 3.63) is 64.7 Å². The molecule has 7 heteroatoms. The number of aryl methyl sites for hydroxylation is 1. The Morgan fingerprint density at radius 3 is 2.38 bits per heavy atom. The SMILES string of the molecule is Cc1cccc(NC(=O)COC(=O)[C@H](CC(C)C)NC(=O)c2ccc(Cl)cc2)c1. The fourth-order valence-corrected chi connectivity index (χ4v) is 2.81. The third kappa shape index (κ3) is 7.58. The summed E-state index contributed by atoms with van der Waals surface area (Å²) in [6, 6.07) is 12.8. The molecule has 0 unspecified atom stereocenters. The second-order valence-electron chi connectivity index (χ2n) is 7.19. The van der Waals surface area contributed by atoms with E-state index in [1.165, 1.54) is 0 Å². The van der Waals surface area contributed by atoms with Gasteiger partial charge >= 0.3 is 5.97 Å². The topological polar surface area (TPSA) is 84.5 Å². The van der Waals surface area contributed by atoms with Gasteiger partial charge in [0.15, 0.2) is 6.61 Å². The van der Waals surface area contributed by atoms with Crippen molar-refractivity contribution in [2.24, 2.45) is 5.92 Å². The van der Waals surface area contributed by atoms with E-state index in [1.807, 2.05) is 39.0 Å². The van der Waals surface area contributed by atoms with Crippen LogP contribution in [0.3, 0.4) is 0 Å². The Balaban J connectivity index is 1.94. The van der Waals surface area contributed by atoms with Crippen LogP contribution in [0.1, 0.15) is 36.2 Å². The second-order valence-corrected chi connectivity index (χ2v) is 7.62. The summed E-state index contributed by atoms with van der Waals surface area (Å²) < 4.78 is 5.14. The van der Waals surface area contributed by atoms with Crippen LogP contribution < -0.4 is 10.6 Å². The zero-order valence-electron chi connectivity index (χ0n) is 16.7. The molecule has 0 saturated carbocycles. The van der Waals surface area contributed by atoms with Crippen molar-refractivity contribution in [1.82, 2.24) is 5.32 Å². The lowest BCUT2D eigenvalue weighted by atomic mass is 10.0. The highest BCUT2D eigenvalue weighted by Crippen LogP contribution is 2.12. The molecule has 0 spiro atoms. The molecule has 0 aliphatic heterocycles. The van der Waals surface area contributed by atoms with E-state index in [0.29, 0.717) is 22.7 Å². The van der Waals surface area contributed by atoms with E-state index in [1.54, 1.807) is 30.3 Å². The predicted octanol–water partition coefficient (Wildman–Crippen LogP) is 3.97. The number of anilines is 1. The van der Waals surface area contributed by atoms with Gasteiger partial charge in [0.1, 0.15) is 6.04 Å². The van der Waals surface area contributed by atoms with E-state index in [2.05, 4.69) is 10.6 Å². The van der Waals surface area contributed by atoms with Crippen LogP contribution in [0, 0.1) is 12.8 Å². The molecule has 0 saturated heterocycles. The van der Waals surface area contributed by atoms with E-state index in [9.17, 15) is 14.4 Å². The largest absolute Gasteiger partial charge is 0.454 e. The standard InChI is InChI=1S/C22H25ClN2O4/c1-14(2)11-19(25-21(27)16-7-9-17(23)10-8-16)22(28)29-13-20(26)24-18-6-4-5-15(3)12-18/h4-10,12,14,19H,11,13H2,1-3H3,(H,24,26)(H,25,27)/t19-/m0/s1. The van der Waals surface area contributed by atoms with Gasteiger partial charge < -0.3 is 15.4 Å². The molecule has 2 aromatic rings. The summed E-state index contributed by atoms with van der Waals surface area (Å²) in [5.41, 5.74) is 2.01. The number of carbonyl (C=O) groups excluding carboxylic acids is 3. The van der Waals surface area contributed by atoms with E-state index in [0.717, 1.165) is 5.56 Å². The number of esters is 1. The first-order valence-corrected chi connectivity index (χ1v) is 9.72.